The number of esters is 1. The monoisotopic (exact) mass is 532 g/mol. The van der Waals surface area contributed by atoms with Crippen LogP contribution in [0.2, 0.25) is 0 Å². The number of fused-ring (bicyclic) bond motifs is 1. The highest BCUT2D eigenvalue weighted by atomic mass is 16.5. The molecule has 0 bridgehead atoms. The number of nitrogens with zero attached hydrogens (tertiary/aromatic N) is 3. The van der Waals surface area contributed by atoms with Gasteiger partial charge in [0.05, 0.1) is 17.5 Å². The first-order valence-corrected chi connectivity index (χ1v) is 14.3. The Labute approximate surface area is 233 Å². The van der Waals surface area contributed by atoms with Crippen molar-refractivity contribution in [1.29, 1.82) is 0 Å². The van der Waals surface area contributed by atoms with E-state index < -0.39 is 6.10 Å². The molecule has 1 N–H and O–H groups in total. The van der Waals surface area contributed by atoms with Crippen molar-refractivity contribution in [2.75, 3.05) is 25.5 Å². The number of ether oxygens (including phenoxy) is 1. The van der Waals surface area contributed by atoms with Crippen LogP contribution in [0, 0.1) is 18.8 Å². The van der Waals surface area contributed by atoms with Gasteiger partial charge in [-0.15, -0.1) is 0 Å². The quantitative estimate of drug-likeness (QED) is 0.469. The van der Waals surface area contributed by atoms with Crippen LogP contribution < -0.4 is 10.2 Å². The molecular formula is C32H44N4O3. The van der Waals surface area contributed by atoms with E-state index in [4.69, 9.17) is 4.74 Å². The highest BCUT2D eigenvalue weighted by molar-refractivity contribution is 5.97. The van der Waals surface area contributed by atoms with E-state index in [9.17, 15) is 9.59 Å². The first-order valence-electron chi connectivity index (χ1n) is 14.3. The summed E-state index contributed by atoms with van der Waals surface area (Å²) in [5, 5.41) is 4.13. The number of allylic oxidation sites excluding steroid dienone is 2. The molecule has 0 radical (unpaired) electrons. The summed E-state index contributed by atoms with van der Waals surface area (Å²) < 4.78 is 5.36. The lowest BCUT2D eigenvalue weighted by Gasteiger charge is -2.26. The van der Waals surface area contributed by atoms with E-state index in [1.54, 1.807) is 6.08 Å². The molecule has 1 atom stereocenters. The van der Waals surface area contributed by atoms with Gasteiger partial charge in [0, 0.05) is 31.6 Å². The van der Waals surface area contributed by atoms with Gasteiger partial charge in [0.15, 0.2) is 0 Å². The molecule has 0 saturated heterocycles. The molecule has 1 aromatic carbocycles. The van der Waals surface area contributed by atoms with Crippen LogP contribution in [0.25, 0.3) is 10.9 Å². The summed E-state index contributed by atoms with van der Waals surface area (Å²) in [6, 6.07) is 8.06. The number of hydrogen-bond acceptors (Lipinski definition) is 6. The maximum absolute atomic E-state index is 12.2. The molecule has 2 heterocycles. The van der Waals surface area contributed by atoms with E-state index in [0.717, 1.165) is 47.0 Å². The number of nitrogens with one attached hydrogen (secondary N) is 1. The Balaban J connectivity index is 0.000000224. The van der Waals surface area contributed by atoms with Gasteiger partial charge in [0.2, 0.25) is 5.91 Å². The summed E-state index contributed by atoms with van der Waals surface area (Å²) in [4.78, 5) is 34.9. The molecule has 0 spiro atoms. The number of amides is 1. The largest absolute Gasteiger partial charge is 0.453 e. The van der Waals surface area contributed by atoms with E-state index in [2.05, 4.69) is 22.2 Å². The Kier molecular flexibility index (Phi) is 11.3. The molecule has 39 heavy (non-hydrogen) atoms. The zero-order valence-electron chi connectivity index (χ0n) is 24.4. The molecule has 210 valence electrons. The lowest BCUT2D eigenvalue weighted by atomic mass is 9.83. The fourth-order valence-electron chi connectivity index (χ4n) is 5.07. The zero-order chi connectivity index (χ0) is 28.4. The van der Waals surface area contributed by atoms with Crippen molar-refractivity contribution in [3.63, 3.8) is 0 Å². The predicted molar refractivity (Wildman–Crippen MR) is 159 cm³/mol. The summed E-state index contributed by atoms with van der Waals surface area (Å²) in [6.45, 7) is 8.95. The van der Waals surface area contributed by atoms with Crippen molar-refractivity contribution >= 4 is 28.6 Å². The van der Waals surface area contributed by atoms with Crippen molar-refractivity contribution < 1.29 is 14.3 Å². The number of para-hydroxylation sites is 1. The van der Waals surface area contributed by atoms with Crippen LogP contribution in [0.4, 0.5) is 5.82 Å². The normalized spacial score (nSPS) is 21.6. The smallest absolute Gasteiger partial charge is 0.339 e. The van der Waals surface area contributed by atoms with E-state index in [1.165, 1.54) is 25.7 Å². The van der Waals surface area contributed by atoms with Crippen LogP contribution in [0.3, 0.4) is 0 Å². The molecule has 1 aromatic heterocycles. The highest BCUT2D eigenvalue weighted by Gasteiger charge is 2.33. The van der Waals surface area contributed by atoms with Crippen LogP contribution in [-0.4, -0.2) is 48.6 Å². The van der Waals surface area contributed by atoms with Crippen molar-refractivity contribution in [1.82, 2.24) is 15.3 Å². The molecule has 2 aromatic rings. The molecule has 1 aliphatic heterocycles. The Hall–Kier alpha value is -3.48. The lowest BCUT2D eigenvalue weighted by molar-refractivity contribution is -0.140. The average molecular weight is 533 g/mol. The lowest BCUT2D eigenvalue weighted by Crippen LogP contribution is -2.33. The summed E-state index contributed by atoms with van der Waals surface area (Å²) in [7, 11) is 3.99. The number of carbonyl (C=O) groups is 2. The van der Waals surface area contributed by atoms with Gasteiger partial charge in [-0.25, -0.2) is 14.8 Å². The van der Waals surface area contributed by atoms with Crippen LogP contribution >= 0.6 is 0 Å². The number of aromatic nitrogens is 2. The Morgan fingerprint density at radius 1 is 1.05 bits per heavy atom. The second-order valence-corrected chi connectivity index (χ2v) is 10.4. The SMILES string of the molecule is CC.CC1CCC(CNC(=O)CC2OC(=O)C3=C2C=CCC=C3)CC1.Cc1nc(N(C)C)c2ccccc2n1. The minimum atomic E-state index is -0.442. The highest BCUT2D eigenvalue weighted by Crippen LogP contribution is 2.30. The van der Waals surface area contributed by atoms with Crippen molar-refractivity contribution in [3.8, 4) is 0 Å². The van der Waals surface area contributed by atoms with Gasteiger partial charge in [-0.1, -0.05) is 70.0 Å². The minimum absolute atomic E-state index is 0.0307. The number of benzene rings is 1. The van der Waals surface area contributed by atoms with Gasteiger partial charge in [-0.3, -0.25) is 4.79 Å². The second-order valence-electron chi connectivity index (χ2n) is 10.4. The topological polar surface area (TPSA) is 84.4 Å². The van der Waals surface area contributed by atoms with Crippen molar-refractivity contribution in [3.05, 3.63) is 65.5 Å². The Morgan fingerprint density at radius 2 is 1.74 bits per heavy atom. The maximum atomic E-state index is 12.2. The van der Waals surface area contributed by atoms with E-state index in [0.29, 0.717) is 11.5 Å². The molecular weight excluding hydrogens is 488 g/mol. The number of hydrogen-bond donors (Lipinski definition) is 1. The van der Waals surface area contributed by atoms with Gasteiger partial charge < -0.3 is 15.0 Å². The third kappa shape index (κ3) is 8.25. The summed E-state index contributed by atoms with van der Waals surface area (Å²) >= 11 is 0. The van der Waals surface area contributed by atoms with Crippen LogP contribution in [-0.2, 0) is 14.3 Å². The molecule has 1 saturated carbocycles. The molecule has 7 heteroatoms. The van der Waals surface area contributed by atoms with Gasteiger partial charge >= 0.3 is 5.97 Å². The molecule has 2 aliphatic carbocycles. The Morgan fingerprint density at radius 3 is 2.46 bits per heavy atom. The number of anilines is 1. The first kappa shape index (κ1) is 30.1. The third-order valence-electron chi connectivity index (χ3n) is 7.19. The number of carbonyl (C=O) groups excluding carboxylic acids is 2. The Bertz CT molecular complexity index is 1220. The van der Waals surface area contributed by atoms with Crippen LogP contribution in [0.5, 0.6) is 0 Å². The van der Waals surface area contributed by atoms with Gasteiger partial charge in [-0.05, 0) is 50.2 Å². The zero-order valence-corrected chi connectivity index (χ0v) is 24.4. The van der Waals surface area contributed by atoms with Crippen LogP contribution in [0.15, 0.2) is 59.7 Å². The minimum Gasteiger partial charge on any atom is -0.453 e. The van der Waals surface area contributed by atoms with Gasteiger partial charge in [0.1, 0.15) is 17.7 Å². The molecule has 1 unspecified atom stereocenters. The van der Waals surface area contributed by atoms with Gasteiger partial charge in [-0.2, -0.15) is 0 Å². The molecule has 1 amide bonds. The number of aryl methyl sites for hydroxylation is 1. The summed E-state index contributed by atoms with van der Waals surface area (Å²) in [5.41, 5.74) is 2.44. The standard InChI is InChI=1S/C19H25NO3.C11H13N3.C2H6/c1-13-7-9-14(10-8-13)12-20-18(21)11-17-15-5-3-2-4-6-16(15)19(22)23-17;1-8-12-10-7-5-4-6-9(10)11(13-8)14(2)3;1-2/h3-6,13-14,17H,2,7-12H2,1H3,(H,20,21);4-7H,1-3H3;1-2H3. The molecule has 1 fully saturated rings. The second kappa shape index (κ2) is 14.6. The van der Waals surface area contributed by atoms with E-state index in [-0.39, 0.29) is 18.3 Å². The maximum Gasteiger partial charge on any atom is 0.339 e. The molecule has 7 nitrogen and oxygen atoms in total. The summed E-state index contributed by atoms with van der Waals surface area (Å²) in [6.07, 6.45) is 13.1. The fourth-order valence-corrected chi connectivity index (χ4v) is 5.07. The number of rotatable bonds is 5. The van der Waals surface area contributed by atoms with Crippen LogP contribution in [0.1, 0.15) is 65.1 Å². The predicted octanol–water partition coefficient (Wildman–Crippen LogP) is 6.09. The van der Waals surface area contributed by atoms with Crippen molar-refractivity contribution in [2.24, 2.45) is 11.8 Å². The number of cyclic esters (lactones) is 1. The van der Waals surface area contributed by atoms with E-state index in [1.807, 2.05) is 82.3 Å². The van der Waals surface area contributed by atoms with Crippen molar-refractivity contribution in [2.45, 2.75) is 72.3 Å². The third-order valence-corrected chi connectivity index (χ3v) is 7.19. The average Bonchev–Trinajstić information content (AvgIpc) is 3.09. The fraction of sp³-hybridized carbons (Fsp3) is 0.500. The first-order chi connectivity index (χ1) is 18.8. The van der Waals surface area contributed by atoms with Gasteiger partial charge in [0.25, 0.3) is 0 Å². The molecule has 5 rings (SSSR count). The summed E-state index contributed by atoms with van der Waals surface area (Å²) in [5.74, 6) is 2.86. The van der Waals surface area contributed by atoms with E-state index >= 15 is 0 Å². The molecule has 3 aliphatic rings.